The van der Waals surface area contributed by atoms with Crippen LogP contribution < -0.4 is 5.73 Å². The van der Waals surface area contributed by atoms with Crippen molar-refractivity contribution in [1.82, 2.24) is 0 Å². The van der Waals surface area contributed by atoms with E-state index in [1.54, 1.807) is 0 Å². The Morgan fingerprint density at radius 2 is 2.29 bits per heavy atom. The number of anilines is 1. The largest absolute Gasteiger partial charge is 0.399 e. The molecule has 0 aliphatic carbocycles. The van der Waals surface area contributed by atoms with Gasteiger partial charge in [-0.3, -0.25) is 0 Å². The van der Waals surface area contributed by atoms with E-state index in [9.17, 15) is 5.11 Å². The predicted molar refractivity (Wildman–Crippen MR) is 61.3 cm³/mol. The third-order valence-electron chi connectivity index (χ3n) is 2.64. The SMILES string of the molecule is Nc1cccc(C2(O)CCCSC2)c1. The smallest absolute Gasteiger partial charge is 0.0987 e. The molecule has 1 unspecified atom stereocenters. The molecule has 76 valence electrons. The molecule has 0 aromatic heterocycles. The first kappa shape index (κ1) is 9.87. The number of aliphatic hydroxyl groups is 1. The van der Waals surface area contributed by atoms with E-state index >= 15 is 0 Å². The Morgan fingerprint density at radius 1 is 1.43 bits per heavy atom. The standard InChI is InChI=1S/C11H15NOS/c12-10-4-1-3-9(7-10)11(13)5-2-6-14-8-11/h1,3-4,7,13H,2,5-6,8,12H2. The van der Waals surface area contributed by atoms with Crippen molar-refractivity contribution >= 4 is 17.4 Å². The van der Waals surface area contributed by atoms with Crippen molar-refractivity contribution in [1.29, 1.82) is 0 Å². The van der Waals surface area contributed by atoms with Crippen molar-refractivity contribution in [2.45, 2.75) is 18.4 Å². The monoisotopic (exact) mass is 209 g/mol. The Labute approximate surface area is 88.5 Å². The third kappa shape index (κ3) is 1.88. The van der Waals surface area contributed by atoms with Gasteiger partial charge in [-0.05, 0) is 36.3 Å². The molecule has 1 atom stereocenters. The number of hydrogen-bond acceptors (Lipinski definition) is 3. The summed E-state index contributed by atoms with van der Waals surface area (Å²) in [5, 5.41) is 10.4. The second-order valence-electron chi connectivity index (χ2n) is 3.81. The topological polar surface area (TPSA) is 46.2 Å². The molecular weight excluding hydrogens is 194 g/mol. The molecule has 3 N–H and O–H groups in total. The van der Waals surface area contributed by atoms with Gasteiger partial charge >= 0.3 is 0 Å². The summed E-state index contributed by atoms with van der Waals surface area (Å²) >= 11 is 1.81. The Balaban J connectivity index is 2.28. The van der Waals surface area contributed by atoms with Crippen molar-refractivity contribution in [2.75, 3.05) is 17.2 Å². The molecule has 1 saturated heterocycles. The van der Waals surface area contributed by atoms with E-state index in [-0.39, 0.29) is 0 Å². The van der Waals surface area contributed by atoms with Crippen LogP contribution in [0.15, 0.2) is 24.3 Å². The quantitative estimate of drug-likeness (QED) is 0.695. The molecule has 14 heavy (non-hydrogen) atoms. The Morgan fingerprint density at radius 3 is 2.93 bits per heavy atom. The van der Waals surface area contributed by atoms with Gasteiger partial charge in [0.2, 0.25) is 0 Å². The number of nitrogens with two attached hydrogens (primary N) is 1. The summed E-state index contributed by atoms with van der Waals surface area (Å²) in [4.78, 5) is 0. The van der Waals surface area contributed by atoms with E-state index in [0.29, 0.717) is 0 Å². The second-order valence-corrected chi connectivity index (χ2v) is 4.92. The van der Waals surface area contributed by atoms with Crippen molar-refractivity contribution < 1.29 is 5.11 Å². The first-order valence-electron chi connectivity index (χ1n) is 4.87. The van der Waals surface area contributed by atoms with Gasteiger partial charge in [-0.2, -0.15) is 11.8 Å². The molecule has 0 spiro atoms. The Bertz CT molecular complexity index is 321. The van der Waals surface area contributed by atoms with Crippen LogP contribution >= 0.6 is 11.8 Å². The summed E-state index contributed by atoms with van der Waals surface area (Å²) in [5.74, 6) is 1.95. The molecule has 0 amide bonds. The molecule has 3 heteroatoms. The van der Waals surface area contributed by atoms with Gasteiger partial charge < -0.3 is 10.8 Å². The average molecular weight is 209 g/mol. The lowest BCUT2D eigenvalue weighted by atomic mass is 9.90. The molecular formula is C11H15NOS. The zero-order valence-electron chi connectivity index (χ0n) is 8.07. The molecule has 1 aliphatic heterocycles. The number of benzene rings is 1. The molecule has 2 rings (SSSR count). The zero-order chi connectivity index (χ0) is 10.0. The normalized spacial score (nSPS) is 27.5. The highest BCUT2D eigenvalue weighted by Gasteiger charge is 2.31. The number of hydrogen-bond donors (Lipinski definition) is 2. The maximum absolute atomic E-state index is 10.4. The van der Waals surface area contributed by atoms with Crippen LogP contribution in [-0.2, 0) is 5.60 Å². The van der Waals surface area contributed by atoms with Gasteiger partial charge in [0.25, 0.3) is 0 Å². The van der Waals surface area contributed by atoms with Gasteiger partial charge in [0.15, 0.2) is 0 Å². The van der Waals surface area contributed by atoms with Crippen LogP contribution in [0.5, 0.6) is 0 Å². The molecule has 1 aromatic rings. The minimum atomic E-state index is -0.654. The highest BCUT2D eigenvalue weighted by molar-refractivity contribution is 7.99. The zero-order valence-corrected chi connectivity index (χ0v) is 8.89. The number of nitrogen functional groups attached to an aromatic ring is 1. The molecule has 0 saturated carbocycles. The van der Waals surface area contributed by atoms with Gasteiger partial charge in [-0.25, -0.2) is 0 Å². The highest BCUT2D eigenvalue weighted by Crippen LogP contribution is 2.35. The first-order chi connectivity index (χ1) is 6.71. The first-order valence-corrected chi connectivity index (χ1v) is 6.02. The summed E-state index contributed by atoms with van der Waals surface area (Å²) in [6.45, 7) is 0. The molecule has 0 bridgehead atoms. The summed E-state index contributed by atoms with van der Waals surface area (Å²) in [5.41, 5.74) is 6.74. The number of rotatable bonds is 1. The average Bonchev–Trinajstić information content (AvgIpc) is 2.19. The van der Waals surface area contributed by atoms with Gasteiger partial charge in [0.1, 0.15) is 0 Å². The van der Waals surface area contributed by atoms with E-state index in [1.807, 2.05) is 36.0 Å². The second kappa shape index (κ2) is 3.83. The number of thioether (sulfide) groups is 1. The van der Waals surface area contributed by atoms with Crippen LogP contribution in [0.4, 0.5) is 5.69 Å². The van der Waals surface area contributed by atoms with Gasteiger partial charge in [-0.1, -0.05) is 12.1 Å². The van der Waals surface area contributed by atoms with Crippen molar-refractivity contribution in [3.8, 4) is 0 Å². The summed E-state index contributed by atoms with van der Waals surface area (Å²) in [6, 6.07) is 7.60. The van der Waals surface area contributed by atoms with E-state index < -0.39 is 5.60 Å². The van der Waals surface area contributed by atoms with E-state index in [1.165, 1.54) is 0 Å². The van der Waals surface area contributed by atoms with Crippen LogP contribution in [0.1, 0.15) is 18.4 Å². The molecule has 2 nitrogen and oxygen atoms in total. The fraction of sp³-hybridized carbons (Fsp3) is 0.455. The lowest BCUT2D eigenvalue weighted by Gasteiger charge is -2.32. The van der Waals surface area contributed by atoms with Crippen molar-refractivity contribution in [3.05, 3.63) is 29.8 Å². The predicted octanol–water partition coefficient (Wildman–Crippen LogP) is 1.98. The van der Waals surface area contributed by atoms with Gasteiger partial charge in [0.05, 0.1) is 5.60 Å². The minimum absolute atomic E-state index is 0.654. The van der Waals surface area contributed by atoms with E-state index in [2.05, 4.69) is 0 Å². The fourth-order valence-electron chi connectivity index (χ4n) is 1.84. The van der Waals surface area contributed by atoms with E-state index in [0.717, 1.165) is 35.6 Å². The van der Waals surface area contributed by atoms with Crippen LogP contribution in [0.2, 0.25) is 0 Å². The summed E-state index contributed by atoms with van der Waals surface area (Å²) in [6.07, 6.45) is 1.93. The summed E-state index contributed by atoms with van der Waals surface area (Å²) in [7, 11) is 0. The minimum Gasteiger partial charge on any atom is -0.399 e. The van der Waals surface area contributed by atoms with Gasteiger partial charge in [-0.15, -0.1) is 0 Å². The van der Waals surface area contributed by atoms with E-state index in [4.69, 9.17) is 5.73 Å². The van der Waals surface area contributed by atoms with Gasteiger partial charge in [0, 0.05) is 11.4 Å². The van der Waals surface area contributed by atoms with Crippen LogP contribution in [0.3, 0.4) is 0 Å². The molecule has 1 aromatic carbocycles. The molecule has 0 radical (unpaired) electrons. The third-order valence-corrected chi connectivity index (χ3v) is 3.90. The fourth-order valence-corrected chi connectivity index (χ4v) is 2.98. The lowest BCUT2D eigenvalue weighted by Crippen LogP contribution is -2.31. The maximum atomic E-state index is 10.4. The lowest BCUT2D eigenvalue weighted by molar-refractivity contribution is 0.0496. The van der Waals surface area contributed by atoms with Crippen molar-refractivity contribution in [3.63, 3.8) is 0 Å². The van der Waals surface area contributed by atoms with Crippen LogP contribution in [0.25, 0.3) is 0 Å². The van der Waals surface area contributed by atoms with Crippen LogP contribution in [-0.4, -0.2) is 16.6 Å². The molecule has 1 aliphatic rings. The molecule has 1 heterocycles. The van der Waals surface area contributed by atoms with Crippen molar-refractivity contribution in [2.24, 2.45) is 0 Å². The highest BCUT2D eigenvalue weighted by atomic mass is 32.2. The van der Waals surface area contributed by atoms with Crippen LogP contribution in [0, 0.1) is 0 Å². The Kier molecular flexibility index (Phi) is 2.70. The Hall–Kier alpha value is -0.670. The maximum Gasteiger partial charge on any atom is 0.0987 e. The molecule has 1 fully saturated rings. The summed E-state index contributed by atoms with van der Waals surface area (Å²) < 4.78 is 0.